The number of amides is 1. The number of rotatable bonds is 6. The lowest BCUT2D eigenvalue weighted by Crippen LogP contribution is -2.30. The summed E-state index contributed by atoms with van der Waals surface area (Å²) >= 11 is 0. The standard InChI is InChI=1S/C21H19NO3/c1-25-19-10-9-16-7-8-17(12-18(16)13-19)20(23)14-22-21(24)11-15-5-3-2-4-6-15/h2-10,12-13H,11,14H2,1H3,(H,22,24). The number of Topliss-reactive ketones (excluding diaryl/α,β-unsaturated/α-hetero) is 1. The molecule has 0 aliphatic carbocycles. The Morgan fingerprint density at radius 2 is 1.68 bits per heavy atom. The predicted molar refractivity (Wildman–Crippen MR) is 98.0 cm³/mol. The molecule has 0 atom stereocenters. The number of nitrogens with one attached hydrogen (secondary N) is 1. The molecule has 3 aromatic rings. The van der Waals surface area contributed by atoms with Gasteiger partial charge in [0, 0.05) is 5.56 Å². The van der Waals surface area contributed by atoms with Crippen molar-refractivity contribution in [3.63, 3.8) is 0 Å². The maximum Gasteiger partial charge on any atom is 0.224 e. The highest BCUT2D eigenvalue weighted by molar-refractivity contribution is 6.02. The number of fused-ring (bicyclic) bond motifs is 1. The van der Waals surface area contributed by atoms with Gasteiger partial charge in [0.1, 0.15) is 5.75 Å². The van der Waals surface area contributed by atoms with Crippen LogP contribution in [0, 0.1) is 0 Å². The van der Waals surface area contributed by atoms with Gasteiger partial charge >= 0.3 is 0 Å². The van der Waals surface area contributed by atoms with Crippen LogP contribution in [0.4, 0.5) is 0 Å². The van der Waals surface area contributed by atoms with Crippen molar-refractivity contribution in [2.24, 2.45) is 0 Å². The van der Waals surface area contributed by atoms with Gasteiger partial charge in [-0.2, -0.15) is 0 Å². The van der Waals surface area contributed by atoms with Crippen LogP contribution in [0.15, 0.2) is 66.7 Å². The van der Waals surface area contributed by atoms with Gasteiger partial charge in [-0.05, 0) is 34.5 Å². The summed E-state index contributed by atoms with van der Waals surface area (Å²) in [4.78, 5) is 24.3. The molecule has 1 amide bonds. The monoisotopic (exact) mass is 333 g/mol. The molecule has 1 N–H and O–H groups in total. The molecule has 3 rings (SSSR count). The Labute approximate surface area is 146 Å². The van der Waals surface area contributed by atoms with E-state index in [0.717, 1.165) is 22.1 Å². The lowest BCUT2D eigenvalue weighted by Gasteiger charge is -2.07. The first-order valence-corrected chi connectivity index (χ1v) is 8.07. The van der Waals surface area contributed by atoms with Crippen LogP contribution in [-0.4, -0.2) is 25.3 Å². The molecule has 25 heavy (non-hydrogen) atoms. The first-order valence-electron chi connectivity index (χ1n) is 8.07. The SMILES string of the molecule is COc1ccc2ccc(C(=O)CNC(=O)Cc3ccccc3)cc2c1. The van der Waals surface area contributed by atoms with E-state index >= 15 is 0 Å². The zero-order valence-electron chi connectivity index (χ0n) is 14.0. The minimum atomic E-state index is -0.165. The summed E-state index contributed by atoms with van der Waals surface area (Å²) in [7, 11) is 1.61. The molecule has 0 aromatic heterocycles. The summed E-state index contributed by atoms with van der Waals surface area (Å²) in [5, 5.41) is 4.65. The third kappa shape index (κ3) is 4.23. The van der Waals surface area contributed by atoms with E-state index < -0.39 is 0 Å². The van der Waals surface area contributed by atoms with Gasteiger partial charge < -0.3 is 10.1 Å². The van der Waals surface area contributed by atoms with E-state index in [-0.39, 0.29) is 24.7 Å². The molecule has 0 radical (unpaired) electrons. The molecule has 4 heteroatoms. The van der Waals surface area contributed by atoms with Crippen molar-refractivity contribution in [1.29, 1.82) is 0 Å². The molecule has 0 saturated heterocycles. The number of carbonyl (C=O) groups is 2. The molecule has 3 aromatic carbocycles. The van der Waals surface area contributed by atoms with E-state index in [0.29, 0.717) is 5.56 Å². The molecule has 0 saturated carbocycles. The highest BCUT2D eigenvalue weighted by Gasteiger charge is 2.10. The Kier molecular flexibility index (Phi) is 5.09. The normalized spacial score (nSPS) is 10.4. The Morgan fingerprint density at radius 3 is 2.44 bits per heavy atom. The topological polar surface area (TPSA) is 55.4 Å². The minimum Gasteiger partial charge on any atom is -0.497 e. The fourth-order valence-corrected chi connectivity index (χ4v) is 2.65. The van der Waals surface area contributed by atoms with Gasteiger partial charge in [-0.25, -0.2) is 0 Å². The second-order valence-corrected chi connectivity index (χ2v) is 5.79. The summed E-state index contributed by atoms with van der Waals surface area (Å²) in [5.74, 6) is 0.460. The van der Waals surface area contributed by atoms with Crippen LogP contribution >= 0.6 is 0 Å². The maximum atomic E-state index is 12.4. The van der Waals surface area contributed by atoms with Gasteiger partial charge in [-0.3, -0.25) is 9.59 Å². The smallest absolute Gasteiger partial charge is 0.224 e. The lowest BCUT2D eigenvalue weighted by molar-refractivity contribution is -0.120. The first-order chi connectivity index (χ1) is 12.2. The van der Waals surface area contributed by atoms with Crippen molar-refractivity contribution in [3.05, 3.63) is 77.9 Å². The Bertz CT molecular complexity index is 903. The van der Waals surface area contributed by atoms with Crippen LogP contribution in [0.5, 0.6) is 5.75 Å². The molecule has 0 aliphatic rings. The van der Waals surface area contributed by atoms with Crippen LogP contribution in [0.1, 0.15) is 15.9 Å². The number of hydrogen-bond donors (Lipinski definition) is 1. The maximum absolute atomic E-state index is 12.4. The number of hydrogen-bond acceptors (Lipinski definition) is 3. The van der Waals surface area contributed by atoms with Gasteiger partial charge in [-0.1, -0.05) is 48.5 Å². The van der Waals surface area contributed by atoms with Crippen LogP contribution in [0.3, 0.4) is 0 Å². The third-order valence-corrected chi connectivity index (χ3v) is 4.02. The average molecular weight is 333 g/mol. The molecule has 0 unspecified atom stereocenters. The molecule has 0 aliphatic heterocycles. The Morgan fingerprint density at radius 1 is 0.920 bits per heavy atom. The van der Waals surface area contributed by atoms with Crippen molar-refractivity contribution in [1.82, 2.24) is 5.32 Å². The van der Waals surface area contributed by atoms with Gasteiger partial charge in [0.15, 0.2) is 5.78 Å². The van der Waals surface area contributed by atoms with Crippen LogP contribution < -0.4 is 10.1 Å². The Hall–Kier alpha value is -3.14. The van der Waals surface area contributed by atoms with Gasteiger partial charge in [0.2, 0.25) is 5.91 Å². The second-order valence-electron chi connectivity index (χ2n) is 5.79. The highest BCUT2D eigenvalue weighted by Crippen LogP contribution is 2.22. The van der Waals surface area contributed by atoms with E-state index in [4.69, 9.17) is 4.74 Å². The van der Waals surface area contributed by atoms with E-state index in [1.165, 1.54) is 0 Å². The van der Waals surface area contributed by atoms with Crippen molar-refractivity contribution in [3.8, 4) is 5.75 Å². The zero-order chi connectivity index (χ0) is 17.6. The number of ether oxygens (including phenoxy) is 1. The average Bonchev–Trinajstić information content (AvgIpc) is 2.66. The number of carbonyl (C=O) groups excluding carboxylic acids is 2. The van der Waals surface area contributed by atoms with E-state index in [1.807, 2.05) is 60.7 Å². The summed E-state index contributed by atoms with van der Waals surface area (Å²) in [6.45, 7) is -0.0128. The fourth-order valence-electron chi connectivity index (χ4n) is 2.65. The molecule has 0 heterocycles. The molecule has 0 spiro atoms. The van der Waals surface area contributed by atoms with E-state index in [1.54, 1.807) is 13.2 Å². The summed E-state index contributed by atoms with van der Waals surface area (Å²) in [6, 6.07) is 20.7. The quantitative estimate of drug-likeness (QED) is 0.704. The van der Waals surface area contributed by atoms with Crippen LogP contribution in [0.25, 0.3) is 10.8 Å². The predicted octanol–water partition coefficient (Wildman–Crippen LogP) is 3.39. The molecule has 0 fully saturated rings. The second kappa shape index (κ2) is 7.62. The van der Waals surface area contributed by atoms with Crippen LogP contribution in [0.2, 0.25) is 0 Å². The summed E-state index contributed by atoms with van der Waals surface area (Å²) in [5.41, 5.74) is 1.49. The van der Waals surface area contributed by atoms with Gasteiger partial charge in [0.05, 0.1) is 20.1 Å². The van der Waals surface area contributed by atoms with Crippen LogP contribution in [-0.2, 0) is 11.2 Å². The summed E-state index contributed by atoms with van der Waals surface area (Å²) in [6.07, 6.45) is 0.267. The highest BCUT2D eigenvalue weighted by atomic mass is 16.5. The first kappa shape index (κ1) is 16.7. The lowest BCUT2D eigenvalue weighted by atomic mass is 10.0. The number of benzene rings is 3. The molecule has 0 bridgehead atoms. The van der Waals surface area contributed by atoms with Crippen molar-refractivity contribution in [2.75, 3.05) is 13.7 Å². The molecule has 126 valence electrons. The third-order valence-electron chi connectivity index (χ3n) is 4.02. The number of methoxy groups -OCH3 is 1. The Balaban J connectivity index is 1.64. The van der Waals surface area contributed by atoms with Crippen molar-refractivity contribution in [2.45, 2.75) is 6.42 Å². The molecule has 4 nitrogen and oxygen atoms in total. The zero-order valence-corrected chi connectivity index (χ0v) is 14.0. The molecular formula is C21H19NO3. The van der Waals surface area contributed by atoms with Gasteiger partial charge in [0.25, 0.3) is 0 Å². The van der Waals surface area contributed by atoms with Crippen molar-refractivity contribution < 1.29 is 14.3 Å². The van der Waals surface area contributed by atoms with Gasteiger partial charge in [-0.15, -0.1) is 0 Å². The van der Waals surface area contributed by atoms with Crippen molar-refractivity contribution >= 4 is 22.5 Å². The minimum absolute atomic E-state index is 0.0128. The van der Waals surface area contributed by atoms with E-state index in [2.05, 4.69) is 5.32 Å². The molecular weight excluding hydrogens is 314 g/mol. The number of ketones is 1. The summed E-state index contributed by atoms with van der Waals surface area (Å²) < 4.78 is 5.22. The largest absolute Gasteiger partial charge is 0.497 e. The fraction of sp³-hybridized carbons (Fsp3) is 0.143. The van der Waals surface area contributed by atoms with E-state index in [9.17, 15) is 9.59 Å².